The summed E-state index contributed by atoms with van der Waals surface area (Å²) in [6.07, 6.45) is 1.78. The van der Waals surface area contributed by atoms with Crippen LogP contribution in [0.3, 0.4) is 0 Å². The lowest BCUT2D eigenvalue weighted by molar-refractivity contribution is -0.121. The maximum atomic E-state index is 12.8. The Balaban J connectivity index is 1.53. The highest BCUT2D eigenvalue weighted by Gasteiger charge is 2.18. The van der Waals surface area contributed by atoms with Crippen LogP contribution in [0.4, 0.5) is 0 Å². The third-order valence-corrected chi connectivity index (χ3v) is 5.24. The minimum Gasteiger partial charge on any atom is -0.497 e. The second-order valence-electron chi connectivity index (χ2n) is 7.23. The lowest BCUT2D eigenvalue weighted by atomic mass is 9.98. The molecule has 4 aromatic rings. The zero-order chi connectivity index (χ0) is 22.5. The van der Waals surface area contributed by atoms with Gasteiger partial charge in [-0.3, -0.25) is 9.20 Å². The van der Waals surface area contributed by atoms with Crippen LogP contribution in [0.2, 0.25) is 0 Å². The minimum absolute atomic E-state index is 0.118. The van der Waals surface area contributed by atoms with E-state index in [0.29, 0.717) is 5.65 Å². The average molecular weight is 432 g/mol. The third-order valence-electron chi connectivity index (χ3n) is 5.24. The second-order valence-corrected chi connectivity index (χ2v) is 7.23. The van der Waals surface area contributed by atoms with Gasteiger partial charge in [-0.05, 0) is 47.5 Å². The van der Waals surface area contributed by atoms with Gasteiger partial charge in [0.2, 0.25) is 5.91 Å². The number of carbonyl (C=O) groups is 1. The smallest absolute Gasteiger partial charge is 0.350 e. The lowest BCUT2D eigenvalue weighted by Crippen LogP contribution is -2.31. The Morgan fingerprint density at radius 1 is 0.938 bits per heavy atom. The van der Waals surface area contributed by atoms with Crippen LogP contribution in [0.25, 0.3) is 5.65 Å². The maximum Gasteiger partial charge on any atom is 0.350 e. The summed E-state index contributed by atoms with van der Waals surface area (Å²) in [6, 6.07) is 20.1. The van der Waals surface area contributed by atoms with Crippen molar-refractivity contribution in [1.29, 1.82) is 0 Å². The SMILES string of the molecule is COc1ccc(C(NC(=O)CCn2nc3ccccn3c2=O)c2ccc(OC)cc2)cc1. The van der Waals surface area contributed by atoms with E-state index in [-0.39, 0.29) is 30.6 Å². The Morgan fingerprint density at radius 2 is 1.53 bits per heavy atom. The number of hydrogen-bond donors (Lipinski definition) is 1. The molecule has 164 valence electrons. The molecule has 0 fully saturated rings. The van der Waals surface area contributed by atoms with Crippen LogP contribution in [0.5, 0.6) is 11.5 Å². The minimum atomic E-state index is -0.364. The molecule has 4 rings (SSSR count). The van der Waals surface area contributed by atoms with Gasteiger partial charge in [0, 0.05) is 12.6 Å². The lowest BCUT2D eigenvalue weighted by Gasteiger charge is -2.20. The number of aromatic nitrogens is 3. The summed E-state index contributed by atoms with van der Waals surface area (Å²) in [5, 5.41) is 7.35. The molecule has 1 amide bonds. The van der Waals surface area contributed by atoms with Crippen molar-refractivity contribution >= 4 is 11.6 Å². The van der Waals surface area contributed by atoms with Crippen molar-refractivity contribution < 1.29 is 14.3 Å². The Labute approximate surface area is 185 Å². The van der Waals surface area contributed by atoms with Gasteiger partial charge in [0.25, 0.3) is 0 Å². The van der Waals surface area contributed by atoms with Gasteiger partial charge in [-0.15, -0.1) is 5.10 Å². The summed E-state index contributed by atoms with van der Waals surface area (Å²) < 4.78 is 13.3. The Bertz CT molecular complexity index is 1210. The largest absolute Gasteiger partial charge is 0.497 e. The van der Waals surface area contributed by atoms with Crippen LogP contribution in [0, 0.1) is 0 Å². The molecule has 0 aliphatic carbocycles. The van der Waals surface area contributed by atoms with Gasteiger partial charge in [-0.1, -0.05) is 30.3 Å². The Morgan fingerprint density at radius 3 is 2.06 bits per heavy atom. The monoisotopic (exact) mass is 432 g/mol. The zero-order valence-corrected chi connectivity index (χ0v) is 17.9. The number of fused-ring (bicyclic) bond motifs is 1. The topological polar surface area (TPSA) is 86.9 Å². The Kier molecular flexibility index (Phi) is 6.21. The number of methoxy groups -OCH3 is 2. The maximum absolute atomic E-state index is 12.8. The summed E-state index contributed by atoms with van der Waals surface area (Å²) in [7, 11) is 3.22. The number of benzene rings is 2. The molecule has 32 heavy (non-hydrogen) atoms. The summed E-state index contributed by atoms with van der Waals surface area (Å²) in [5.41, 5.74) is 2.10. The summed E-state index contributed by atoms with van der Waals surface area (Å²) in [6.45, 7) is 0.185. The summed E-state index contributed by atoms with van der Waals surface area (Å²) in [5.74, 6) is 1.28. The molecule has 0 saturated heterocycles. The van der Waals surface area contributed by atoms with E-state index < -0.39 is 0 Å². The van der Waals surface area contributed by atoms with Crippen molar-refractivity contribution in [3.05, 3.63) is 94.5 Å². The van der Waals surface area contributed by atoms with Crippen LogP contribution >= 0.6 is 0 Å². The number of ether oxygens (including phenoxy) is 2. The fourth-order valence-electron chi connectivity index (χ4n) is 3.51. The van der Waals surface area contributed by atoms with Crippen molar-refractivity contribution in [3.8, 4) is 11.5 Å². The van der Waals surface area contributed by atoms with E-state index in [9.17, 15) is 9.59 Å². The molecule has 0 unspecified atom stereocenters. The van der Waals surface area contributed by atoms with Crippen LogP contribution in [0.15, 0.2) is 77.7 Å². The van der Waals surface area contributed by atoms with Crippen molar-refractivity contribution in [2.45, 2.75) is 19.0 Å². The third kappa shape index (κ3) is 4.49. The van der Waals surface area contributed by atoms with Gasteiger partial charge in [-0.2, -0.15) is 0 Å². The van der Waals surface area contributed by atoms with Gasteiger partial charge in [0.1, 0.15) is 11.5 Å². The molecule has 1 N–H and O–H groups in total. The summed E-state index contributed by atoms with van der Waals surface area (Å²) >= 11 is 0. The predicted molar refractivity (Wildman–Crippen MR) is 120 cm³/mol. The number of hydrogen-bond acceptors (Lipinski definition) is 5. The zero-order valence-electron chi connectivity index (χ0n) is 17.9. The fraction of sp³-hybridized carbons (Fsp3) is 0.208. The highest BCUT2D eigenvalue weighted by molar-refractivity contribution is 5.77. The van der Waals surface area contributed by atoms with E-state index >= 15 is 0 Å². The number of rotatable bonds is 8. The molecule has 0 aliphatic rings. The number of nitrogens with zero attached hydrogens (tertiary/aromatic N) is 3. The average Bonchev–Trinajstić information content (AvgIpc) is 3.17. The molecule has 2 heterocycles. The molecule has 8 heteroatoms. The van der Waals surface area contributed by atoms with Crippen LogP contribution < -0.4 is 20.5 Å². The molecule has 0 radical (unpaired) electrons. The normalized spacial score (nSPS) is 11.0. The number of amides is 1. The first kappa shape index (κ1) is 21.2. The second kappa shape index (κ2) is 9.38. The molecule has 8 nitrogen and oxygen atoms in total. The fourth-order valence-corrected chi connectivity index (χ4v) is 3.51. The highest BCUT2D eigenvalue weighted by Crippen LogP contribution is 2.26. The van der Waals surface area contributed by atoms with Crippen LogP contribution in [0.1, 0.15) is 23.6 Å². The molecule has 0 spiro atoms. The van der Waals surface area contributed by atoms with Crippen LogP contribution in [-0.2, 0) is 11.3 Å². The van der Waals surface area contributed by atoms with E-state index in [4.69, 9.17) is 9.47 Å². The number of pyridine rings is 1. The highest BCUT2D eigenvalue weighted by atomic mass is 16.5. The van der Waals surface area contributed by atoms with Gasteiger partial charge >= 0.3 is 5.69 Å². The molecule has 2 aromatic carbocycles. The first-order valence-electron chi connectivity index (χ1n) is 10.2. The quantitative estimate of drug-likeness (QED) is 0.463. The standard InChI is InChI=1S/C24H24N4O4/c1-31-19-10-6-17(7-11-19)23(18-8-12-20(32-2)13-9-18)25-22(29)14-16-28-24(30)27-15-4-3-5-21(27)26-28/h3-13,15,23H,14,16H2,1-2H3,(H,25,29). The molecule has 0 aliphatic heterocycles. The van der Waals surface area contributed by atoms with Crippen molar-refractivity contribution in [2.24, 2.45) is 0 Å². The van der Waals surface area contributed by atoms with Gasteiger partial charge < -0.3 is 14.8 Å². The molecule has 0 saturated carbocycles. The van der Waals surface area contributed by atoms with Crippen LogP contribution in [-0.4, -0.2) is 34.3 Å². The number of aryl methyl sites for hydroxylation is 1. The van der Waals surface area contributed by atoms with Crippen molar-refractivity contribution in [2.75, 3.05) is 14.2 Å². The first-order valence-corrected chi connectivity index (χ1v) is 10.2. The predicted octanol–water partition coefficient (Wildman–Crippen LogP) is 2.81. The molecule has 0 bridgehead atoms. The van der Waals surface area contributed by atoms with E-state index in [0.717, 1.165) is 22.6 Å². The van der Waals surface area contributed by atoms with Crippen molar-refractivity contribution in [3.63, 3.8) is 0 Å². The molecular formula is C24H24N4O4. The number of nitrogens with one attached hydrogen (secondary N) is 1. The molecule has 0 atom stereocenters. The van der Waals surface area contributed by atoms with Gasteiger partial charge in [0.05, 0.1) is 26.8 Å². The van der Waals surface area contributed by atoms with E-state index in [1.807, 2.05) is 54.6 Å². The Hall–Kier alpha value is -4.07. The first-order chi connectivity index (χ1) is 15.6. The van der Waals surface area contributed by atoms with E-state index in [2.05, 4.69) is 10.4 Å². The van der Waals surface area contributed by atoms with E-state index in [1.54, 1.807) is 32.5 Å². The van der Waals surface area contributed by atoms with E-state index in [1.165, 1.54) is 9.08 Å². The summed E-state index contributed by atoms with van der Waals surface area (Å²) in [4.78, 5) is 25.3. The van der Waals surface area contributed by atoms with Gasteiger partial charge in [-0.25, -0.2) is 9.48 Å². The number of carbonyl (C=O) groups excluding carboxylic acids is 1. The van der Waals surface area contributed by atoms with Gasteiger partial charge in [0.15, 0.2) is 5.65 Å². The molecular weight excluding hydrogens is 408 g/mol. The van der Waals surface area contributed by atoms with Crippen molar-refractivity contribution in [1.82, 2.24) is 19.5 Å². The molecule has 2 aromatic heterocycles.